The summed E-state index contributed by atoms with van der Waals surface area (Å²) >= 11 is 6.13. The lowest BCUT2D eigenvalue weighted by Gasteiger charge is -2.21. The van der Waals surface area contributed by atoms with Gasteiger partial charge in [-0.05, 0) is 43.5 Å². The van der Waals surface area contributed by atoms with Crippen molar-refractivity contribution in [1.82, 2.24) is 15.2 Å². The fraction of sp³-hybridized carbons (Fsp3) is 0.526. The van der Waals surface area contributed by atoms with E-state index in [4.69, 9.17) is 21.3 Å². The summed E-state index contributed by atoms with van der Waals surface area (Å²) in [6.45, 7) is 6.64. The van der Waals surface area contributed by atoms with Gasteiger partial charge in [-0.3, -0.25) is 4.99 Å². The van der Waals surface area contributed by atoms with Gasteiger partial charge >= 0.3 is 0 Å². The first-order valence-electron chi connectivity index (χ1n) is 8.99. The molecule has 1 unspecified atom stereocenters. The second-order valence-corrected chi connectivity index (χ2v) is 6.98. The predicted octanol–water partition coefficient (Wildman–Crippen LogP) is 3.30. The number of ether oxygens (including phenoxy) is 1. The predicted molar refractivity (Wildman–Crippen MR) is 105 cm³/mol. The Balaban J connectivity index is 1.64. The Morgan fingerprint density at radius 2 is 2.36 bits per heavy atom. The van der Waals surface area contributed by atoms with Gasteiger partial charge in [0.05, 0.1) is 6.61 Å². The van der Waals surface area contributed by atoms with Gasteiger partial charge in [-0.2, -0.15) is 0 Å². The Morgan fingerprint density at radius 3 is 3.16 bits per heavy atom. The number of aliphatic imine (C=N–C) groups is 1. The van der Waals surface area contributed by atoms with Gasteiger partial charge in [0.2, 0.25) is 0 Å². The summed E-state index contributed by atoms with van der Waals surface area (Å²) in [7, 11) is 1.77. The number of aromatic amines is 1. The highest BCUT2D eigenvalue weighted by Gasteiger charge is 2.24. The van der Waals surface area contributed by atoms with E-state index in [-0.39, 0.29) is 0 Å². The zero-order valence-electron chi connectivity index (χ0n) is 15.0. The second-order valence-electron chi connectivity index (χ2n) is 6.55. The van der Waals surface area contributed by atoms with Gasteiger partial charge in [0, 0.05) is 61.3 Å². The molecule has 25 heavy (non-hydrogen) atoms. The van der Waals surface area contributed by atoms with Gasteiger partial charge in [0.25, 0.3) is 0 Å². The maximum atomic E-state index is 6.13. The number of hydrogen-bond donors (Lipinski definition) is 2. The quantitative estimate of drug-likeness (QED) is 0.612. The third-order valence-corrected chi connectivity index (χ3v) is 4.93. The number of nitrogens with zero attached hydrogens (tertiary/aromatic N) is 2. The van der Waals surface area contributed by atoms with Crippen molar-refractivity contribution in [3.8, 4) is 0 Å². The van der Waals surface area contributed by atoms with Crippen LogP contribution in [0, 0.1) is 5.92 Å². The van der Waals surface area contributed by atoms with Crippen LogP contribution in [0.4, 0.5) is 0 Å². The number of rotatable bonds is 6. The van der Waals surface area contributed by atoms with Crippen molar-refractivity contribution < 1.29 is 4.74 Å². The first-order chi connectivity index (χ1) is 12.2. The van der Waals surface area contributed by atoms with Gasteiger partial charge in [0.1, 0.15) is 0 Å². The molecule has 1 aromatic heterocycles. The maximum absolute atomic E-state index is 6.13. The van der Waals surface area contributed by atoms with Crippen LogP contribution in [0.25, 0.3) is 10.9 Å². The number of likely N-dealkylation sites (tertiary alicyclic amines) is 1. The number of guanidine groups is 1. The molecule has 2 aromatic rings. The zero-order valence-corrected chi connectivity index (χ0v) is 15.8. The van der Waals surface area contributed by atoms with Gasteiger partial charge in [0.15, 0.2) is 5.96 Å². The zero-order chi connectivity index (χ0) is 17.6. The van der Waals surface area contributed by atoms with E-state index in [9.17, 15) is 0 Å². The minimum atomic E-state index is 0.601. The number of halogens is 1. The molecule has 0 bridgehead atoms. The van der Waals surface area contributed by atoms with Crippen molar-refractivity contribution in [3.63, 3.8) is 0 Å². The van der Waals surface area contributed by atoms with Gasteiger partial charge in [-0.25, -0.2) is 0 Å². The number of nitrogens with one attached hydrogen (secondary N) is 2. The summed E-state index contributed by atoms with van der Waals surface area (Å²) in [5.74, 6) is 1.61. The van der Waals surface area contributed by atoms with Crippen LogP contribution in [0.3, 0.4) is 0 Å². The van der Waals surface area contributed by atoms with Gasteiger partial charge in [-0.15, -0.1) is 0 Å². The van der Waals surface area contributed by atoms with Gasteiger partial charge in [-0.1, -0.05) is 11.6 Å². The van der Waals surface area contributed by atoms with Crippen LogP contribution >= 0.6 is 11.6 Å². The van der Waals surface area contributed by atoms with Crippen molar-refractivity contribution in [2.24, 2.45) is 10.9 Å². The lowest BCUT2D eigenvalue weighted by atomic mass is 10.1. The normalized spacial score (nSPS) is 18.3. The Hall–Kier alpha value is -1.72. The number of fused-ring (bicyclic) bond motifs is 1. The molecule has 136 valence electrons. The average Bonchev–Trinajstić information content (AvgIpc) is 3.22. The molecule has 5 nitrogen and oxygen atoms in total. The summed E-state index contributed by atoms with van der Waals surface area (Å²) in [6, 6.07) is 5.96. The highest BCUT2D eigenvalue weighted by Crippen LogP contribution is 2.23. The molecule has 1 aliphatic heterocycles. The number of methoxy groups -OCH3 is 1. The number of benzene rings is 1. The largest absolute Gasteiger partial charge is 0.384 e. The molecule has 6 heteroatoms. The Labute approximate surface area is 154 Å². The minimum Gasteiger partial charge on any atom is -0.384 e. The lowest BCUT2D eigenvalue weighted by Crippen LogP contribution is -2.40. The van der Waals surface area contributed by atoms with Crippen LogP contribution in [0.15, 0.2) is 29.4 Å². The third kappa shape index (κ3) is 4.47. The fourth-order valence-electron chi connectivity index (χ4n) is 3.46. The topological polar surface area (TPSA) is 52.7 Å². The number of hydrogen-bond acceptors (Lipinski definition) is 2. The fourth-order valence-corrected chi connectivity index (χ4v) is 3.63. The molecule has 1 aliphatic rings. The summed E-state index contributed by atoms with van der Waals surface area (Å²) in [4.78, 5) is 10.5. The lowest BCUT2D eigenvalue weighted by molar-refractivity contribution is 0.157. The molecule has 0 radical (unpaired) electrons. The standard InChI is InChI=1S/C19H27ClN4O/c1-3-21-19(24-9-7-14(12-24)13-25-2)22-8-6-15-11-23-18-5-4-16(20)10-17(15)18/h4-5,10-11,14,23H,3,6-9,12-13H2,1-2H3,(H,21,22). The number of aromatic nitrogens is 1. The van der Waals surface area contributed by atoms with Crippen molar-refractivity contribution in [3.05, 3.63) is 35.0 Å². The van der Waals surface area contributed by atoms with E-state index < -0.39 is 0 Å². The molecule has 0 amide bonds. The molecule has 2 heterocycles. The average molecular weight is 363 g/mol. The van der Waals surface area contributed by atoms with Crippen LogP contribution in [0.5, 0.6) is 0 Å². The van der Waals surface area contributed by atoms with Crippen molar-refractivity contribution in [2.75, 3.05) is 39.9 Å². The SMILES string of the molecule is CCNC(=NCCc1c[nH]c2ccc(Cl)cc12)N1CCC(COC)C1. The molecule has 1 atom stereocenters. The van der Waals surface area contributed by atoms with Crippen LogP contribution in [-0.4, -0.2) is 55.7 Å². The molecule has 0 spiro atoms. The van der Waals surface area contributed by atoms with E-state index in [1.807, 2.05) is 18.2 Å². The van der Waals surface area contributed by atoms with E-state index in [0.717, 1.165) is 55.7 Å². The third-order valence-electron chi connectivity index (χ3n) is 4.69. The van der Waals surface area contributed by atoms with Crippen molar-refractivity contribution in [1.29, 1.82) is 0 Å². The highest BCUT2D eigenvalue weighted by atomic mass is 35.5. The first-order valence-corrected chi connectivity index (χ1v) is 9.36. The first kappa shape index (κ1) is 18.1. The Morgan fingerprint density at radius 1 is 1.48 bits per heavy atom. The van der Waals surface area contributed by atoms with Crippen molar-refractivity contribution in [2.45, 2.75) is 19.8 Å². The van der Waals surface area contributed by atoms with E-state index in [1.165, 1.54) is 17.4 Å². The molecule has 3 rings (SSSR count). The molecule has 0 aliphatic carbocycles. The van der Waals surface area contributed by atoms with Crippen LogP contribution < -0.4 is 5.32 Å². The Bertz CT molecular complexity index is 727. The minimum absolute atomic E-state index is 0.601. The van der Waals surface area contributed by atoms with Crippen LogP contribution in [0.2, 0.25) is 5.02 Å². The molecular formula is C19H27ClN4O. The van der Waals surface area contributed by atoms with E-state index in [1.54, 1.807) is 7.11 Å². The van der Waals surface area contributed by atoms with E-state index in [0.29, 0.717) is 5.92 Å². The summed E-state index contributed by atoms with van der Waals surface area (Å²) < 4.78 is 5.29. The molecule has 1 aromatic carbocycles. The molecule has 1 fully saturated rings. The molecule has 1 saturated heterocycles. The van der Waals surface area contributed by atoms with E-state index >= 15 is 0 Å². The van der Waals surface area contributed by atoms with Crippen molar-refractivity contribution >= 4 is 28.5 Å². The second kappa shape index (κ2) is 8.59. The monoisotopic (exact) mass is 362 g/mol. The summed E-state index contributed by atoms with van der Waals surface area (Å²) in [5.41, 5.74) is 2.38. The van der Waals surface area contributed by atoms with Gasteiger partial charge < -0.3 is 19.9 Å². The highest BCUT2D eigenvalue weighted by molar-refractivity contribution is 6.31. The van der Waals surface area contributed by atoms with E-state index in [2.05, 4.69) is 28.3 Å². The smallest absolute Gasteiger partial charge is 0.193 e. The molecule has 2 N–H and O–H groups in total. The summed E-state index contributed by atoms with van der Waals surface area (Å²) in [5, 5.41) is 5.38. The maximum Gasteiger partial charge on any atom is 0.193 e. The van der Waals surface area contributed by atoms with Crippen LogP contribution in [0.1, 0.15) is 18.9 Å². The Kier molecular flexibility index (Phi) is 6.21. The van der Waals surface area contributed by atoms with Crippen LogP contribution in [-0.2, 0) is 11.2 Å². The number of H-pyrrole nitrogens is 1. The molecule has 0 saturated carbocycles. The summed E-state index contributed by atoms with van der Waals surface area (Å²) in [6.07, 6.45) is 4.12. The molecular weight excluding hydrogens is 336 g/mol.